The Morgan fingerprint density at radius 1 is 1.71 bits per heavy atom. The molecule has 1 atom stereocenters. The number of nitrogens with zero attached hydrogens (tertiary/aromatic N) is 2. The minimum atomic E-state index is 0.149. The standard InChI is InChI=1S/C12H19N3O2/c1-9-6-10(14-17-9)7-12(16)15-5-3-4-11(15)8-13-2/h6,11,13H,3-5,7-8H2,1-2H3. The maximum absolute atomic E-state index is 12.1. The fourth-order valence-electron chi connectivity index (χ4n) is 2.37. The van der Waals surface area contributed by atoms with Crippen molar-refractivity contribution in [2.24, 2.45) is 0 Å². The summed E-state index contributed by atoms with van der Waals surface area (Å²) in [5, 5.41) is 6.99. The van der Waals surface area contributed by atoms with Gasteiger partial charge in [-0.2, -0.15) is 0 Å². The van der Waals surface area contributed by atoms with Crippen molar-refractivity contribution >= 4 is 5.91 Å². The lowest BCUT2D eigenvalue weighted by Gasteiger charge is -2.24. The number of nitrogens with one attached hydrogen (secondary N) is 1. The number of aryl methyl sites for hydroxylation is 1. The molecule has 17 heavy (non-hydrogen) atoms. The van der Waals surface area contributed by atoms with Gasteiger partial charge >= 0.3 is 0 Å². The van der Waals surface area contributed by atoms with E-state index in [1.165, 1.54) is 0 Å². The van der Waals surface area contributed by atoms with Gasteiger partial charge in [0.2, 0.25) is 5.91 Å². The van der Waals surface area contributed by atoms with Gasteiger partial charge in [-0.15, -0.1) is 0 Å². The summed E-state index contributed by atoms with van der Waals surface area (Å²) in [5.74, 6) is 0.900. The highest BCUT2D eigenvalue weighted by molar-refractivity contribution is 5.79. The second-order valence-electron chi connectivity index (χ2n) is 4.55. The SMILES string of the molecule is CNCC1CCCN1C(=O)Cc1cc(C)on1. The monoisotopic (exact) mass is 237 g/mol. The zero-order valence-electron chi connectivity index (χ0n) is 10.4. The molecule has 1 fully saturated rings. The van der Waals surface area contributed by atoms with Gasteiger partial charge in [0.05, 0.1) is 12.1 Å². The van der Waals surface area contributed by atoms with Crippen molar-refractivity contribution in [2.75, 3.05) is 20.1 Å². The van der Waals surface area contributed by atoms with Gasteiger partial charge in [0.1, 0.15) is 5.76 Å². The van der Waals surface area contributed by atoms with E-state index in [1.54, 1.807) is 0 Å². The van der Waals surface area contributed by atoms with E-state index in [-0.39, 0.29) is 5.91 Å². The van der Waals surface area contributed by atoms with E-state index in [9.17, 15) is 4.79 Å². The Balaban J connectivity index is 1.95. The molecule has 0 radical (unpaired) electrons. The van der Waals surface area contributed by atoms with Crippen LogP contribution in [0, 0.1) is 6.92 Å². The average molecular weight is 237 g/mol. The molecule has 0 aromatic carbocycles. The summed E-state index contributed by atoms with van der Waals surface area (Å²) in [6.07, 6.45) is 2.53. The lowest BCUT2D eigenvalue weighted by Crippen LogP contribution is -2.41. The van der Waals surface area contributed by atoms with E-state index in [0.29, 0.717) is 12.5 Å². The van der Waals surface area contributed by atoms with Crippen molar-refractivity contribution in [1.82, 2.24) is 15.4 Å². The molecule has 2 heterocycles. The summed E-state index contributed by atoms with van der Waals surface area (Å²) in [4.78, 5) is 14.1. The highest BCUT2D eigenvalue weighted by Crippen LogP contribution is 2.18. The van der Waals surface area contributed by atoms with Gasteiger partial charge in [-0.1, -0.05) is 5.16 Å². The molecule has 1 aromatic rings. The van der Waals surface area contributed by atoms with Crippen molar-refractivity contribution < 1.29 is 9.32 Å². The maximum atomic E-state index is 12.1. The van der Waals surface area contributed by atoms with Crippen molar-refractivity contribution in [3.05, 3.63) is 17.5 Å². The zero-order valence-corrected chi connectivity index (χ0v) is 10.4. The van der Waals surface area contributed by atoms with Crippen LogP contribution in [0.5, 0.6) is 0 Å². The summed E-state index contributed by atoms with van der Waals surface area (Å²) in [5.41, 5.74) is 0.725. The number of carbonyl (C=O) groups is 1. The summed E-state index contributed by atoms with van der Waals surface area (Å²) in [7, 11) is 1.92. The molecular weight excluding hydrogens is 218 g/mol. The van der Waals surface area contributed by atoms with Crippen molar-refractivity contribution in [1.29, 1.82) is 0 Å². The van der Waals surface area contributed by atoms with Gasteiger partial charge in [-0.3, -0.25) is 4.79 Å². The smallest absolute Gasteiger partial charge is 0.229 e. The molecule has 0 spiro atoms. The minimum absolute atomic E-state index is 0.149. The number of likely N-dealkylation sites (N-methyl/N-ethyl adjacent to an activating group) is 1. The van der Waals surface area contributed by atoms with Crippen LogP contribution in [0.15, 0.2) is 10.6 Å². The lowest BCUT2D eigenvalue weighted by molar-refractivity contribution is -0.131. The Morgan fingerprint density at radius 2 is 2.53 bits per heavy atom. The zero-order chi connectivity index (χ0) is 12.3. The Labute approximate surface area is 101 Å². The van der Waals surface area contributed by atoms with Crippen LogP contribution in [-0.4, -0.2) is 42.1 Å². The van der Waals surface area contributed by atoms with Crippen LogP contribution in [0.3, 0.4) is 0 Å². The second kappa shape index (κ2) is 5.31. The predicted molar refractivity (Wildman–Crippen MR) is 63.6 cm³/mol. The molecule has 1 unspecified atom stereocenters. The van der Waals surface area contributed by atoms with Crippen LogP contribution in [0.2, 0.25) is 0 Å². The molecule has 1 saturated heterocycles. The van der Waals surface area contributed by atoms with Crippen LogP contribution >= 0.6 is 0 Å². The van der Waals surface area contributed by atoms with E-state index in [0.717, 1.165) is 37.4 Å². The summed E-state index contributed by atoms with van der Waals surface area (Å²) in [6, 6.07) is 2.15. The van der Waals surface area contributed by atoms with Crippen LogP contribution in [0.25, 0.3) is 0 Å². The Morgan fingerprint density at radius 3 is 3.18 bits per heavy atom. The molecule has 1 aromatic heterocycles. The van der Waals surface area contributed by atoms with E-state index >= 15 is 0 Å². The van der Waals surface area contributed by atoms with E-state index in [4.69, 9.17) is 4.52 Å². The largest absolute Gasteiger partial charge is 0.361 e. The van der Waals surface area contributed by atoms with Crippen molar-refractivity contribution in [2.45, 2.75) is 32.2 Å². The third-order valence-electron chi connectivity index (χ3n) is 3.15. The van der Waals surface area contributed by atoms with E-state index in [2.05, 4.69) is 10.5 Å². The van der Waals surface area contributed by atoms with Crippen LogP contribution in [0.1, 0.15) is 24.3 Å². The highest BCUT2D eigenvalue weighted by atomic mass is 16.5. The minimum Gasteiger partial charge on any atom is -0.361 e. The lowest BCUT2D eigenvalue weighted by atomic mass is 10.2. The maximum Gasteiger partial charge on any atom is 0.229 e. The quantitative estimate of drug-likeness (QED) is 0.839. The molecule has 1 aliphatic rings. The molecular formula is C12H19N3O2. The number of rotatable bonds is 4. The second-order valence-corrected chi connectivity index (χ2v) is 4.55. The molecule has 5 heteroatoms. The average Bonchev–Trinajstić information content (AvgIpc) is 2.88. The first kappa shape index (κ1) is 12.1. The molecule has 1 amide bonds. The number of hydrogen-bond donors (Lipinski definition) is 1. The third-order valence-corrected chi connectivity index (χ3v) is 3.15. The van der Waals surface area contributed by atoms with Crippen LogP contribution < -0.4 is 5.32 Å². The van der Waals surface area contributed by atoms with E-state index < -0.39 is 0 Å². The number of carbonyl (C=O) groups excluding carboxylic acids is 1. The van der Waals surface area contributed by atoms with Gasteiger partial charge in [-0.05, 0) is 26.8 Å². The van der Waals surface area contributed by atoms with Crippen molar-refractivity contribution in [3.8, 4) is 0 Å². The molecule has 94 valence electrons. The fraction of sp³-hybridized carbons (Fsp3) is 0.667. The number of likely N-dealkylation sites (tertiary alicyclic amines) is 1. The Bertz CT molecular complexity index is 389. The molecule has 5 nitrogen and oxygen atoms in total. The Kier molecular flexibility index (Phi) is 3.78. The van der Waals surface area contributed by atoms with Gasteiger partial charge in [0.25, 0.3) is 0 Å². The molecule has 0 saturated carbocycles. The molecule has 1 aliphatic heterocycles. The molecule has 0 aliphatic carbocycles. The Hall–Kier alpha value is -1.36. The third kappa shape index (κ3) is 2.85. The number of hydrogen-bond acceptors (Lipinski definition) is 4. The van der Waals surface area contributed by atoms with Crippen LogP contribution in [0.4, 0.5) is 0 Å². The predicted octanol–water partition coefficient (Wildman–Crippen LogP) is 0.736. The summed E-state index contributed by atoms with van der Waals surface area (Å²) >= 11 is 0. The normalized spacial score (nSPS) is 19.9. The van der Waals surface area contributed by atoms with Gasteiger partial charge in [0.15, 0.2) is 0 Å². The van der Waals surface area contributed by atoms with Gasteiger partial charge in [-0.25, -0.2) is 0 Å². The molecule has 0 bridgehead atoms. The first-order valence-electron chi connectivity index (χ1n) is 6.07. The first-order chi connectivity index (χ1) is 8.20. The first-order valence-corrected chi connectivity index (χ1v) is 6.07. The number of aromatic nitrogens is 1. The van der Waals surface area contributed by atoms with Crippen LogP contribution in [-0.2, 0) is 11.2 Å². The molecule has 1 N–H and O–H groups in total. The fourth-order valence-corrected chi connectivity index (χ4v) is 2.37. The van der Waals surface area contributed by atoms with Gasteiger partial charge in [0, 0.05) is 25.2 Å². The summed E-state index contributed by atoms with van der Waals surface area (Å²) in [6.45, 7) is 3.56. The topological polar surface area (TPSA) is 58.4 Å². The number of amides is 1. The van der Waals surface area contributed by atoms with Gasteiger partial charge < -0.3 is 14.7 Å². The van der Waals surface area contributed by atoms with Crippen molar-refractivity contribution in [3.63, 3.8) is 0 Å². The highest BCUT2D eigenvalue weighted by Gasteiger charge is 2.28. The summed E-state index contributed by atoms with van der Waals surface area (Å²) < 4.78 is 4.97. The molecule has 2 rings (SSSR count). The van der Waals surface area contributed by atoms with E-state index in [1.807, 2.05) is 24.9 Å².